The lowest BCUT2D eigenvalue weighted by Crippen LogP contribution is -2.05. The minimum atomic E-state index is 0.606. The zero-order chi connectivity index (χ0) is 35.5. The van der Waals surface area contributed by atoms with E-state index in [1.165, 1.54) is 0 Å². The van der Waals surface area contributed by atoms with Crippen molar-refractivity contribution in [3.8, 4) is 45.3 Å². The minimum Gasteiger partial charge on any atom is -0.307 e. The van der Waals surface area contributed by atoms with Gasteiger partial charge in [-0.05, 0) is 78.2 Å². The number of benzene rings is 6. The maximum Gasteiger partial charge on any atom is 0.187 e. The Hall–Kier alpha value is -7.43. The highest BCUT2D eigenvalue weighted by Crippen LogP contribution is 2.42. The Morgan fingerprint density at radius 3 is 1.51 bits per heavy atom. The topological polar surface area (TPSA) is 65.8 Å². The largest absolute Gasteiger partial charge is 0.307 e. The number of nitrogens with zero attached hydrogens (tertiary/aromatic N) is 7. The predicted molar refractivity (Wildman–Crippen MR) is 214 cm³/mol. The van der Waals surface area contributed by atoms with E-state index in [0.717, 1.165) is 82.8 Å². The maximum atomic E-state index is 7.74. The number of rotatable bonds is 5. The molecule has 0 saturated heterocycles. The van der Waals surface area contributed by atoms with Crippen molar-refractivity contribution in [2.24, 2.45) is 0 Å². The van der Waals surface area contributed by atoms with Crippen LogP contribution in [0.1, 0.15) is 5.56 Å². The number of hydrogen-bond acceptors (Lipinski definition) is 4. The fourth-order valence-corrected chi connectivity index (χ4v) is 7.73. The van der Waals surface area contributed by atoms with Crippen LogP contribution in [0.3, 0.4) is 0 Å². The second-order valence-electron chi connectivity index (χ2n) is 13.1. The van der Waals surface area contributed by atoms with Gasteiger partial charge in [0.05, 0.1) is 40.0 Å². The quantitative estimate of drug-likeness (QED) is 0.170. The molecule has 0 N–H and O–H groups in total. The summed E-state index contributed by atoms with van der Waals surface area (Å²) >= 11 is 0. The molecule has 248 valence electrons. The van der Waals surface area contributed by atoms with E-state index in [1.807, 2.05) is 30.3 Å². The lowest BCUT2D eigenvalue weighted by Gasteiger charge is -2.20. The van der Waals surface area contributed by atoms with Gasteiger partial charge in [-0.3, -0.25) is 0 Å². The summed E-state index contributed by atoms with van der Waals surface area (Å²) in [5.74, 6) is 1.35. The summed E-state index contributed by atoms with van der Waals surface area (Å²) < 4.78 is 4.75. The van der Waals surface area contributed by atoms with Gasteiger partial charge in [0.25, 0.3) is 0 Å². The molecule has 0 aliphatic heterocycles. The Balaban J connectivity index is 1.35. The van der Waals surface area contributed by atoms with Crippen LogP contribution in [0.15, 0.2) is 158 Å². The Bertz CT molecular complexity index is 3080. The fourth-order valence-electron chi connectivity index (χ4n) is 7.73. The predicted octanol–water partition coefficient (Wildman–Crippen LogP) is 11.3. The van der Waals surface area contributed by atoms with Crippen molar-refractivity contribution in [2.75, 3.05) is 0 Å². The molecular formula is C46H29N7. The summed E-state index contributed by atoms with van der Waals surface area (Å²) in [7, 11) is 0. The Kier molecular flexibility index (Phi) is 6.95. The molecule has 0 saturated carbocycles. The van der Waals surface area contributed by atoms with Crippen molar-refractivity contribution < 1.29 is 0 Å². The molecule has 7 nitrogen and oxygen atoms in total. The molecule has 0 bridgehead atoms. The summed E-state index contributed by atoms with van der Waals surface area (Å²) in [5, 5.41) is 4.58. The average molecular weight is 680 g/mol. The van der Waals surface area contributed by atoms with Crippen LogP contribution >= 0.6 is 0 Å². The molecule has 0 aliphatic carbocycles. The SMILES string of the molecule is [C-]#[N+]c1cccc(-c2cc(-n3c4ccccc4c4ccc(-c5ncccn5)cc43)c(-n3c4ccccc4c4ccc(-c5ncccn5)cc43)cc2C)c1. The number of aryl methyl sites for hydroxylation is 1. The van der Waals surface area contributed by atoms with Crippen LogP contribution in [0.25, 0.3) is 93.7 Å². The van der Waals surface area contributed by atoms with Crippen LogP contribution in [-0.4, -0.2) is 29.1 Å². The molecule has 0 radical (unpaired) electrons. The van der Waals surface area contributed by atoms with Crippen LogP contribution in [0, 0.1) is 13.5 Å². The third kappa shape index (κ3) is 4.89. The highest BCUT2D eigenvalue weighted by molar-refractivity contribution is 6.12. The summed E-state index contributed by atoms with van der Waals surface area (Å²) in [6.45, 7) is 9.90. The van der Waals surface area contributed by atoms with E-state index in [4.69, 9.17) is 6.57 Å². The first-order valence-corrected chi connectivity index (χ1v) is 17.4. The van der Waals surface area contributed by atoms with Gasteiger partial charge in [0.2, 0.25) is 0 Å². The smallest absolute Gasteiger partial charge is 0.187 e. The van der Waals surface area contributed by atoms with E-state index in [-0.39, 0.29) is 0 Å². The normalized spacial score (nSPS) is 11.5. The van der Waals surface area contributed by atoms with Gasteiger partial charge < -0.3 is 9.13 Å². The molecule has 10 aromatic rings. The van der Waals surface area contributed by atoms with Crippen LogP contribution in [0.2, 0.25) is 0 Å². The van der Waals surface area contributed by atoms with Crippen molar-refractivity contribution in [1.29, 1.82) is 0 Å². The van der Waals surface area contributed by atoms with Crippen molar-refractivity contribution in [3.63, 3.8) is 0 Å². The van der Waals surface area contributed by atoms with Crippen molar-refractivity contribution >= 4 is 49.3 Å². The van der Waals surface area contributed by atoms with E-state index in [1.54, 1.807) is 24.8 Å². The van der Waals surface area contributed by atoms with E-state index in [0.29, 0.717) is 17.3 Å². The molecule has 53 heavy (non-hydrogen) atoms. The van der Waals surface area contributed by atoms with Gasteiger partial charge in [-0.25, -0.2) is 24.8 Å². The Morgan fingerprint density at radius 1 is 0.453 bits per heavy atom. The Labute approximate surface area is 304 Å². The average Bonchev–Trinajstić information content (AvgIpc) is 3.73. The summed E-state index contributed by atoms with van der Waals surface area (Å²) in [6, 6.07) is 46.2. The second kappa shape index (κ2) is 12.1. The number of aromatic nitrogens is 6. The first-order valence-electron chi connectivity index (χ1n) is 17.4. The molecule has 0 atom stereocenters. The van der Waals surface area contributed by atoms with E-state index in [2.05, 4.69) is 144 Å². The van der Waals surface area contributed by atoms with Gasteiger partial charge in [-0.15, -0.1) is 0 Å². The minimum absolute atomic E-state index is 0.606. The first-order chi connectivity index (χ1) is 26.2. The zero-order valence-electron chi connectivity index (χ0n) is 28.6. The van der Waals surface area contributed by atoms with E-state index in [9.17, 15) is 0 Å². The molecule has 0 unspecified atom stereocenters. The molecule has 7 heteroatoms. The monoisotopic (exact) mass is 679 g/mol. The highest BCUT2D eigenvalue weighted by Gasteiger charge is 2.22. The molecule has 4 heterocycles. The fraction of sp³-hybridized carbons (Fsp3) is 0.0217. The third-order valence-corrected chi connectivity index (χ3v) is 10.1. The van der Waals surface area contributed by atoms with Gasteiger partial charge in [0.1, 0.15) is 0 Å². The van der Waals surface area contributed by atoms with Gasteiger partial charge in [-0.2, -0.15) is 0 Å². The molecule has 4 aromatic heterocycles. The molecule has 0 amide bonds. The van der Waals surface area contributed by atoms with E-state index >= 15 is 0 Å². The van der Waals surface area contributed by atoms with Crippen LogP contribution in [0.4, 0.5) is 5.69 Å². The number of hydrogen-bond donors (Lipinski definition) is 0. The van der Waals surface area contributed by atoms with Crippen molar-refractivity contribution in [2.45, 2.75) is 6.92 Å². The van der Waals surface area contributed by atoms with Gasteiger partial charge in [0, 0.05) is 57.5 Å². The number of fused-ring (bicyclic) bond motifs is 6. The lowest BCUT2D eigenvalue weighted by atomic mass is 9.98. The van der Waals surface area contributed by atoms with E-state index < -0.39 is 0 Å². The molecule has 0 aliphatic rings. The van der Waals surface area contributed by atoms with Crippen LogP contribution < -0.4 is 0 Å². The van der Waals surface area contributed by atoms with Gasteiger partial charge in [0.15, 0.2) is 17.3 Å². The molecule has 10 rings (SSSR count). The lowest BCUT2D eigenvalue weighted by molar-refractivity contribution is 1.09. The maximum absolute atomic E-state index is 7.74. The first kappa shape index (κ1) is 30.4. The third-order valence-electron chi connectivity index (χ3n) is 10.1. The standard InChI is InChI=1S/C46H29N7/c1-29-24-43(52-39-14-5-3-12-34(39)36-18-16-31(26-41(36)52)45-48-20-8-21-49-45)44(28-38(29)30-10-7-11-33(25-30)47-2)53-40-15-6-4-13-35(40)37-19-17-32(27-42(37)53)46-50-22-9-23-51-46/h3-28H,1H3. The molecule has 6 aromatic carbocycles. The van der Waals surface area contributed by atoms with Crippen LogP contribution in [-0.2, 0) is 0 Å². The molecular weight excluding hydrogens is 651 g/mol. The highest BCUT2D eigenvalue weighted by atomic mass is 15.1. The Morgan fingerprint density at radius 2 is 0.962 bits per heavy atom. The molecule has 0 spiro atoms. The summed E-state index contributed by atoms with van der Waals surface area (Å²) in [4.78, 5) is 22.1. The van der Waals surface area contributed by atoms with Gasteiger partial charge in [-0.1, -0.05) is 78.9 Å². The number of para-hydroxylation sites is 2. The summed E-state index contributed by atoms with van der Waals surface area (Å²) in [5.41, 5.74) is 11.9. The molecule has 0 fully saturated rings. The van der Waals surface area contributed by atoms with Gasteiger partial charge >= 0.3 is 0 Å². The summed E-state index contributed by atoms with van der Waals surface area (Å²) in [6.07, 6.45) is 7.12. The zero-order valence-corrected chi connectivity index (χ0v) is 28.6. The van der Waals surface area contributed by atoms with Crippen molar-refractivity contribution in [1.82, 2.24) is 29.1 Å². The van der Waals surface area contributed by atoms with Crippen LogP contribution in [0.5, 0.6) is 0 Å². The van der Waals surface area contributed by atoms with Crippen molar-refractivity contribution in [3.05, 3.63) is 175 Å². The second-order valence-corrected chi connectivity index (χ2v) is 13.1.